The molecule has 2 rings (SSSR count). The average molecular weight is 329 g/mol. The highest BCUT2D eigenvalue weighted by Crippen LogP contribution is 2.16. The molecule has 24 heavy (non-hydrogen) atoms. The number of carbonyl (C=O) groups is 2. The molecule has 2 aromatic carbocycles. The number of carboxylic acids is 1. The Labute approximate surface area is 140 Å². The number of carbonyl (C=O) groups excluding carboxylic acids is 1. The van der Waals surface area contributed by atoms with Crippen LogP contribution in [0.4, 0.5) is 4.39 Å². The van der Waals surface area contributed by atoms with Crippen molar-refractivity contribution in [1.82, 2.24) is 5.32 Å². The molecule has 0 bridgehead atoms. The minimum Gasteiger partial charge on any atom is -0.481 e. The van der Waals surface area contributed by atoms with E-state index in [2.05, 4.69) is 5.32 Å². The van der Waals surface area contributed by atoms with Gasteiger partial charge in [-0.15, -0.1) is 0 Å². The van der Waals surface area contributed by atoms with Gasteiger partial charge in [0.1, 0.15) is 5.82 Å². The summed E-state index contributed by atoms with van der Waals surface area (Å²) in [5.41, 5.74) is 1.10. The Morgan fingerprint density at radius 2 is 1.71 bits per heavy atom. The van der Waals surface area contributed by atoms with Gasteiger partial charge in [-0.2, -0.15) is 0 Å². The molecule has 126 valence electrons. The fraction of sp³-hybridized carbons (Fsp3) is 0.263. The van der Waals surface area contributed by atoms with Gasteiger partial charge >= 0.3 is 5.97 Å². The van der Waals surface area contributed by atoms with E-state index in [1.807, 2.05) is 0 Å². The highest BCUT2D eigenvalue weighted by atomic mass is 19.1. The van der Waals surface area contributed by atoms with Gasteiger partial charge in [-0.3, -0.25) is 9.59 Å². The summed E-state index contributed by atoms with van der Waals surface area (Å²) in [5.74, 6) is -2.89. The van der Waals surface area contributed by atoms with E-state index < -0.39 is 17.8 Å². The number of hydrogen-bond donors (Lipinski definition) is 2. The monoisotopic (exact) mass is 329 g/mol. The minimum absolute atomic E-state index is 0.000207. The van der Waals surface area contributed by atoms with Crippen LogP contribution in [0.3, 0.4) is 0 Å². The fourth-order valence-corrected chi connectivity index (χ4v) is 2.50. The first-order valence-electron chi connectivity index (χ1n) is 7.78. The summed E-state index contributed by atoms with van der Waals surface area (Å²) < 4.78 is 13.6. The van der Waals surface area contributed by atoms with E-state index in [0.717, 1.165) is 0 Å². The number of halogens is 1. The van der Waals surface area contributed by atoms with Crippen molar-refractivity contribution in [2.24, 2.45) is 5.92 Å². The molecule has 0 saturated heterocycles. The van der Waals surface area contributed by atoms with E-state index in [9.17, 15) is 19.1 Å². The molecule has 1 amide bonds. The van der Waals surface area contributed by atoms with Crippen molar-refractivity contribution in [3.05, 3.63) is 71.5 Å². The van der Waals surface area contributed by atoms with Crippen molar-refractivity contribution >= 4 is 11.9 Å². The molecule has 0 aliphatic rings. The summed E-state index contributed by atoms with van der Waals surface area (Å²) >= 11 is 0. The Bertz CT molecular complexity index is 703. The Morgan fingerprint density at radius 1 is 1.08 bits per heavy atom. The highest BCUT2D eigenvalue weighted by Gasteiger charge is 2.22. The molecule has 2 unspecified atom stereocenters. The van der Waals surface area contributed by atoms with Gasteiger partial charge in [-0.05, 0) is 23.6 Å². The number of carboxylic acid groups (broad SMARTS) is 1. The molecule has 0 radical (unpaired) electrons. The molecular weight excluding hydrogens is 309 g/mol. The molecule has 0 spiro atoms. The van der Waals surface area contributed by atoms with Crippen LogP contribution in [0.2, 0.25) is 0 Å². The van der Waals surface area contributed by atoms with Crippen LogP contribution in [0.5, 0.6) is 0 Å². The summed E-state index contributed by atoms with van der Waals surface area (Å²) in [7, 11) is 0. The van der Waals surface area contributed by atoms with Crippen LogP contribution in [-0.4, -0.2) is 23.5 Å². The maximum Gasteiger partial charge on any atom is 0.312 e. The summed E-state index contributed by atoms with van der Waals surface area (Å²) in [5, 5.41) is 12.0. The second-order valence-electron chi connectivity index (χ2n) is 5.74. The molecular formula is C19H20FNO3. The number of hydrogen-bond acceptors (Lipinski definition) is 2. The molecule has 5 heteroatoms. The molecule has 0 aliphatic carbocycles. The smallest absolute Gasteiger partial charge is 0.312 e. The van der Waals surface area contributed by atoms with Crippen LogP contribution in [0.25, 0.3) is 0 Å². The lowest BCUT2D eigenvalue weighted by molar-refractivity contribution is -0.138. The third kappa shape index (κ3) is 4.65. The van der Waals surface area contributed by atoms with E-state index in [1.54, 1.807) is 55.5 Å². The average Bonchev–Trinajstić information content (AvgIpc) is 2.57. The molecule has 0 aromatic heterocycles. The molecule has 4 nitrogen and oxygen atoms in total. The molecule has 0 fully saturated rings. The van der Waals surface area contributed by atoms with Gasteiger partial charge in [0.15, 0.2) is 0 Å². The molecule has 2 aromatic rings. The first-order chi connectivity index (χ1) is 11.5. The normalized spacial score (nSPS) is 13.1. The lowest BCUT2D eigenvalue weighted by atomic mass is 9.97. The summed E-state index contributed by atoms with van der Waals surface area (Å²) in [6, 6.07) is 15.1. The number of amides is 1. The highest BCUT2D eigenvalue weighted by molar-refractivity contribution is 5.81. The van der Waals surface area contributed by atoms with Crippen molar-refractivity contribution in [3.8, 4) is 0 Å². The van der Waals surface area contributed by atoms with Crippen LogP contribution in [0.1, 0.15) is 24.0 Å². The number of rotatable bonds is 7. The predicted octanol–water partition coefficient (Wildman–Crippen LogP) is 2.99. The van der Waals surface area contributed by atoms with E-state index in [1.165, 1.54) is 6.07 Å². The Balaban J connectivity index is 1.96. The number of aliphatic carboxylic acids is 1. The van der Waals surface area contributed by atoms with Gasteiger partial charge in [0, 0.05) is 12.5 Å². The maximum atomic E-state index is 13.6. The second kappa shape index (κ2) is 8.24. The van der Waals surface area contributed by atoms with E-state index in [-0.39, 0.29) is 24.7 Å². The standard InChI is InChI=1S/C19H20FNO3/c1-13(11-15-9-5-6-10-17(15)20)18(22)21-12-16(19(23)24)14-7-3-2-4-8-14/h2-10,13,16H,11-12H2,1H3,(H,21,22)(H,23,24). The van der Waals surface area contributed by atoms with Gasteiger partial charge < -0.3 is 10.4 Å². The van der Waals surface area contributed by atoms with Crippen molar-refractivity contribution < 1.29 is 19.1 Å². The first kappa shape index (κ1) is 17.7. The van der Waals surface area contributed by atoms with Crippen LogP contribution in [-0.2, 0) is 16.0 Å². The quantitative estimate of drug-likeness (QED) is 0.821. The van der Waals surface area contributed by atoms with Crippen molar-refractivity contribution in [1.29, 1.82) is 0 Å². The van der Waals surface area contributed by atoms with Crippen molar-refractivity contribution in [3.63, 3.8) is 0 Å². The van der Waals surface area contributed by atoms with Gasteiger partial charge in [0.25, 0.3) is 0 Å². The third-order valence-electron chi connectivity index (χ3n) is 3.91. The zero-order valence-electron chi connectivity index (χ0n) is 13.4. The zero-order chi connectivity index (χ0) is 17.5. The topological polar surface area (TPSA) is 66.4 Å². The number of benzene rings is 2. The first-order valence-corrected chi connectivity index (χ1v) is 7.78. The number of nitrogens with one attached hydrogen (secondary N) is 1. The van der Waals surface area contributed by atoms with Gasteiger partial charge in [-0.25, -0.2) is 4.39 Å². The summed E-state index contributed by atoms with van der Waals surface area (Å²) in [6.45, 7) is 1.69. The van der Waals surface area contributed by atoms with E-state index in [0.29, 0.717) is 11.1 Å². The Kier molecular flexibility index (Phi) is 6.07. The lowest BCUT2D eigenvalue weighted by Crippen LogP contribution is -2.35. The van der Waals surface area contributed by atoms with Gasteiger partial charge in [0.2, 0.25) is 5.91 Å². The minimum atomic E-state index is -0.997. The van der Waals surface area contributed by atoms with Crippen LogP contribution in [0, 0.1) is 11.7 Å². The van der Waals surface area contributed by atoms with Crippen LogP contribution >= 0.6 is 0 Å². The second-order valence-corrected chi connectivity index (χ2v) is 5.74. The molecule has 0 aliphatic heterocycles. The Morgan fingerprint density at radius 3 is 2.33 bits per heavy atom. The SMILES string of the molecule is CC(Cc1ccccc1F)C(=O)NCC(C(=O)O)c1ccccc1. The van der Waals surface area contributed by atoms with Crippen LogP contribution in [0.15, 0.2) is 54.6 Å². The van der Waals surface area contributed by atoms with Crippen molar-refractivity contribution in [2.45, 2.75) is 19.3 Å². The maximum absolute atomic E-state index is 13.6. The summed E-state index contributed by atoms with van der Waals surface area (Å²) in [6.07, 6.45) is 0.265. The molecule has 2 atom stereocenters. The van der Waals surface area contributed by atoms with Crippen LogP contribution < -0.4 is 5.32 Å². The van der Waals surface area contributed by atoms with Crippen molar-refractivity contribution in [2.75, 3.05) is 6.54 Å². The fourth-order valence-electron chi connectivity index (χ4n) is 2.50. The lowest BCUT2D eigenvalue weighted by Gasteiger charge is -2.17. The molecule has 2 N–H and O–H groups in total. The third-order valence-corrected chi connectivity index (χ3v) is 3.91. The Hall–Kier alpha value is -2.69. The molecule has 0 saturated carbocycles. The van der Waals surface area contributed by atoms with E-state index in [4.69, 9.17) is 0 Å². The zero-order valence-corrected chi connectivity index (χ0v) is 13.4. The van der Waals surface area contributed by atoms with Gasteiger partial charge in [0.05, 0.1) is 5.92 Å². The summed E-state index contributed by atoms with van der Waals surface area (Å²) in [4.78, 5) is 23.6. The molecule has 0 heterocycles. The predicted molar refractivity (Wildman–Crippen MR) is 89.1 cm³/mol. The largest absolute Gasteiger partial charge is 0.481 e. The van der Waals surface area contributed by atoms with Gasteiger partial charge in [-0.1, -0.05) is 55.5 Å². The van der Waals surface area contributed by atoms with E-state index >= 15 is 0 Å².